The van der Waals surface area contributed by atoms with Crippen LogP contribution in [0.15, 0.2) is 29.3 Å². The lowest BCUT2D eigenvalue weighted by Gasteiger charge is -2.17. The van der Waals surface area contributed by atoms with Crippen molar-refractivity contribution in [2.45, 2.75) is 26.4 Å². The largest absolute Gasteiger partial charge is 0.383 e. The highest BCUT2D eigenvalue weighted by atomic mass is 16.5. The first kappa shape index (κ1) is 21.9. The van der Waals surface area contributed by atoms with Crippen LogP contribution < -0.4 is 16.0 Å². The van der Waals surface area contributed by atoms with Gasteiger partial charge < -0.3 is 25.6 Å². The fourth-order valence-corrected chi connectivity index (χ4v) is 2.32. The van der Waals surface area contributed by atoms with Crippen LogP contribution in [0.3, 0.4) is 0 Å². The van der Waals surface area contributed by atoms with Crippen LogP contribution in [0.1, 0.15) is 29.8 Å². The van der Waals surface area contributed by atoms with Gasteiger partial charge in [-0.05, 0) is 45.6 Å². The second-order valence-electron chi connectivity index (χ2n) is 6.46. The van der Waals surface area contributed by atoms with Crippen molar-refractivity contribution in [3.8, 4) is 0 Å². The molecule has 0 aromatic heterocycles. The third kappa shape index (κ3) is 8.82. The second-order valence-corrected chi connectivity index (χ2v) is 6.46. The molecule has 0 radical (unpaired) electrons. The number of carbonyl (C=O) groups excluding carboxylic acids is 1. The quantitative estimate of drug-likeness (QED) is 0.428. The molecule has 1 unspecified atom stereocenters. The van der Waals surface area contributed by atoms with Crippen LogP contribution in [0.4, 0.5) is 0 Å². The summed E-state index contributed by atoms with van der Waals surface area (Å²) in [6.07, 6.45) is 0. The van der Waals surface area contributed by atoms with Crippen LogP contribution in [-0.2, 0) is 11.3 Å². The molecule has 1 aromatic carbocycles. The predicted octanol–water partition coefficient (Wildman–Crippen LogP) is 1.07. The highest BCUT2D eigenvalue weighted by Crippen LogP contribution is 2.07. The van der Waals surface area contributed by atoms with Gasteiger partial charge in [0.15, 0.2) is 5.96 Å². The number of aliphatic imine (C=N–C) groups is 1. The van der Waals surface area contributed by atoms with Crippen LogP contribution in [0, 0.1) is 0 Å². The summed E-state index contributed by atoms with van der Waals surface area (Å²) in [6.45, 7) is 7.37. The third-order valence-electron chi connectivity index (χ3n) is 3.60. The smallest absolute Gasteiger partial charge is 0.251 e. The number of hydrogen-bond donors (Lipinski definition) is 3. The van der Waals surface area contributed by atoms with E-state index in [0.29, 0.717) is 25.3 Å². The van der Waals surface area contributed by atoms with Crippen molar-refractivity contribution in [2.24, 2.45) is 4.99 Å². The van der Waals surface area contributed by atoms with Crippen LogP contribution in [0.25, 0.3) is 0 Å². The number of nitrogens with one attached hydrogen (secondary N) is 3. The van der Waals surface area contributed by atoms with E-state index in [1.54, 1.807) is 7.11 Å². The van der Waals surface area contributed by atoms with Gasteiger partial charge in [-0.25, -0.2) is 4.99 Å². The maximum atomic E-state index is 12.2. The van der Waals surface area contributed by atoms with Gasteiger partial charge in [-0.1, -0.05) is 12.1 Å². The minimum atomic E-state index is -0.0589. The summed E-state index contributed by atoms with van der Waals surface area (Å²) in [7, 11) is 5.64. The lowest BCUT2D eigenvalue weighted by molar-refractivity contribution is 0.0951. The highest BCUT2D eigenvalue weighted by Gasteiger charge is 2.07. The van der Waals surface area contributed by atoms with Crippen molar-refractivity contribution >= 4 is 11.9 Å². The molecule has 0 spiro atoms. The molecule has 0 aliphatic rings. The number of amides is 1. The van der Waals surface area contributed by atoms with E-state index in [9.17, 15) is 4.79 Å². The molecule has 0 fully saturated rings. The Morgan fingerprint density at radius 3 is 2.73 bits per heavy atom. The first-order valence-corrected chi connectivity index (χ1v) is 9.01. The van der Waals surface area contributed by atoms with E-state index in [1.807, 2.05) is 57.1 Å². The van der Waals surface area contributed by atoms with Crippen LogP contribution >= 0.6 is 0 Å². The zero-order chi connectivity index (χ0) is 19.4. The van der Waals surface area contributed by atoms with E-state index >= 15 is 0 Å². The molecule has 0 bridgehead atoms. The Kier molecular flexibility index (Phi) is 10.3. The van der Waals surface area contributed by atoms with Crippen molar-refractivity contribution < 1.29 is 9.53 Å². The summed E-state index contributed by atoms with van der Waals surface area (Å²) in [5.41, 5.74) is 1.64. The normalized spacial score (nSPS) is 12.8. The van der Waals surface area contributed by atoms with Gasteiger partial charge in [0.2, 0.25) is 0 Å². The van der Waals surface area contributed by atoms with Crippen molar-refractivity contribution in [2.75, 3.05) is 47.4 Å². The molecule has 7 heteroatoms. The molecule has 3 N–H and O–H groups in total. The summed E-state index contributed by atoms with van der Waals surface area (Å²) < 4.78 is 5.14. The maximum absolute atomic E-state index is 12.2. The Hall–Kier alpha value is -2.12. The summed E-state index contributed by atoms with van der Waals surface area (Å²) in [6, 6.07) is 7.73. The molecule has 1 aromatic rings. The molecule has 1 atom stereocenters. The molecule has 0 saturated heterocycles. The molecule has 1 amide bonds. The van der Waals surface area contributed by atoms with Crippen molar-refractivity contribution in [3.05, 3.63) is 35.4 Å². The highest BCUT2D eigenvalue weighted by molar-refractivity contribution is 5.94. The minimum Gasteiger partial charge on any atom is -0.383 e. The summed E-state index contributed by atoms with van der Waals surface area (Å²) >= 11 is 0. The Balaban J connectivity index is 2.68. The fraction of sp³-hybridized carbons (Fsp3) is 0.579. The second kappa shape index (κ2) is 12.3. The molecule has 146 valence electrons. The first-order chi connectivity index (χ1) is 12.5. The molecular formula is C19H33N5O2. The van der Waals surface area contributed by atoms with Gasteiger partial charge >= 0.3 is 0 Å². The van der Waals surface area contributed by atoms with E-state index in [0.717, 1.165) is 24.6 Å². The van der Waals surface area contributed by atoms with Gasteiger partial charge in [0, 0.05) is 38.3 Å². The Bertz CT molecular complexity index is 575. The molecule has 0 saturated carbocycles. The lowest BCUT2D eigenvalue weighted by atomic mass is 10.1. The van der Waals surface area contributed by atoms with Crippen molar-refractivity contribution in [1.29, 1.82) is 0 Å². The molecule has 1 rings (SSSR count). The number of nitrogens with zero attached hydrogens (tertiary/aromatic N) is 2. The number of guanidine groups is 1. The van der Waals surface area contributed by atoms with Crippen LogP contribution in [0.5, 0.6) is 0 Å². The van der Waals surface area contributed by atoms with Gasteiger partial charge in [-0.15, -0.1) is 0 Å². The standard InChI is InChI=1S/C19H33N5O2/c1-6-20-19(23-15(2)14-26-5)22-13-16-8-7-9-17(12-16)18(25)21-10-11-24(3)4/h7-9,12,15H,6,10-11,13-14H2,1-5H3,(H,21,25)(H2,20,22,23). The Morgan fingerprint density at radius 2 is 2.08 bits per heavy atom. The minimum absolute atomic E-state index is 0.0589. The van der Waals surface area contributed by atoms with Gasteiger partial charge in [0.1, 0.15) is 0 Å². The van der Waals surface area contributed by atoms with Crippen LogP contribution in [0.2, 0.25) is 0 Å². The fourth-order valence-electron chi connectivity index (χ4n) is 2.32. The zero-order valence-electron chi connectivity index (χ0n) is 16.6. The molecule has 26 heavy (non-hydrogen) atoms. The van der Waals surface area contributed by atoms with E-state index in [4.69, 9.17) is 4.74 Å². The van der Waals surface area contributed by atoms with E-state index in [-0.39, 0.29) is 11.9 Å². The predicted molar refractivity (Wildman–Crippen MR) is 107 cm³/mol. The number of hydrogen-bond acceptors (Lipinski definition) is 4. The monoisotopic (exact) mass is 363 g/mol. The van der Waals surface area contributed by atoms with E-state index in [1.165, 1.54) is 0 Å². The Morgan fingerprint density at radius 1 is 1.31 bits per heavy atom. The SMILES string of the molecule is CCNC(=NCc1cccc(C(=O)NCCN(C)C)c1)NC(C)COC. The number of methoxy groups -OCH3 is 1. The number of benzene rings is 1. The van der Waals surface area contributed by atoms with Gasteiger partial charge in [0.25, 0.3) is 5.91 Å². The number of rotatable bonds is 10. The molecule has 7 nitrogen and oxygen atoms in total. The zero-order valence-corrected chi connectivity index (χ0v) is 16.6. The summed E-state index contributed by atoms with van der Waals surface area (Å²) in [4.78, 5) is 18.9. The van der Waals surface area contributed by atoms with E-state index in [2.05, 4.69) is 20.9 Å². The van der Waals surface area contributed by atoms with Gasteiger partial charge in [-0.3, -0.25) is 4.79 Å². The third-order valence-corrected chi connectivity index (χ3v) is 3.60. The number of carbonyl (C=O) groups is 1. The number of likely N-dealkylation sites (N-methyl/N-ethyl adjacent to an activating group) is 1. The first-order valence-electron chi connectivity index (χ1n) is 9.01. The Labute approximate surface area is 157 Å². The van der Waals surface area contributed by atoms with Gasteiger partial charge in [0.05, 0.1) is 13.2 Å². The van der Waals surface area contributed by atoms with Crippen LogP contribution in [-0.4, -0.2) is 70.3 Å². The topological polar surface area (TPSA) is 78.0 Å². The summed E-state index contributed by atoms with van der Waals surface area (Å²) in [5.74, 6) is 0.675. The lowest BCUT2D eigenvalue weighted by Crippen LogP contribution is -2.43. The average Bonchev–Trinajstić information content (AvgIpc) is 2.60. The van der Waals surface area contributed by atoms with Gasteiger partial charge in [-0.2, -0.15) is 0 Å². The summed E-state index contributed by atoms with van der Waals surface area (Å²) in [5, 5.41) is 9.44. The molecule has 0 heterocycles. The van der Waals surface area contributed by atoms with Crippen molar-refractivity contribution in [3.63, 3.8) is 0 Å². The van der Waals surface area contributed by atoms with Crippen molar-refractivity contribution in [1.82, 2.24) is 20.9 Å². The maximum Gasteiger partial charge on any atom is 0.251 e. The number of ether oxygens (including phenoxy) is 1. The molecule has 0 aliphatic heterocycles. The molecule has 0 aliphatic carbocycles. The average molecular weight is 364 g/mol. The molecular weight excluding hydrogens is 330 g/mol. The van der Waals surface area contributed by atoms with E-state index < -0.39 is 0 Å².